The van der Waals surface area contributed by atoms with Gasteiger partial charge in [0.25, 0.3) is 0 Å². The zero-order valence-electron chi connectivity index (χ0n) is 20.2. The van der Waals surface area contributed by atoms with Crippen LogP contribution in [0.2, 0.25) is 0 Å². The molecule has 0 atom stereocenters. The molecule has 0 radical (unpaired) electrons. The van der Waals surface area contributed by atoms with Gasteiger partial charge in [0.2, 0.25) is 5.95 Å². The van der Waals surface area contributed by atoms with Crippen molar-refractivity contribution in [1.82, 2.24) is 34.2 Å². The highest BCUT2D eigenvalue weighted by Gasteiger charge is 2.21. The summed E-state index contributed by atoms with van der Waals surface area (Å²) in [7, 11) is 0. The molecule has 1 aliphatic heterocycles. The highest BCUT2D eigenvalue weighted by atomic mass is 16.5. The summed E-state index contributed by atoms with van der Waals surface area (Å²) in [6.45, 7) is 4.67. The van der Waals surface area contributed by atoms with Gasteiger partial charge >= 0.3 is 6.09 Å². The summed E-state index contributed by atoms with van der Waals surface area (Å²) >= 11 is 0. The van der Waals surface area contributed by atoms with Gasteiger partial charge in [-0.05, 0) is 62.8 Å². The second-order valence-electron chi connectivity index (χ2n) is 8.92. The van der Waals surface area contributed by atoms with E-state index in [0.29, 0.717) is 42.7 Å². The van der Waals surface area contributed by atoms with Crippen LogP contribution >= 0.6 is 0 Å². The minimum absolute atomic E-state index is 0.472. The highest BCUT2D eigenvalue weighted by Crippen LogP contribution is 2.23. The van der Waals surface area contributed by atoms with Gasteiger partial charge in [-0.2, -0.15) is 10.1 Å². The number of imidazole rings is 1. The Morgan fingerprint density at radius 3 is 2.72 bits per heavy atom. The third-order valence-electron chi connectivity index (χ3n) is 6.49. The number of ether oxygens (including phenoxy) is 1. The second kappa shape index (κ2) is 10.6. The summed E-state index contributed by atoms with van der Waals surface area (Å²) < 4.78 is 9.36. The molecule has 1 saturated heterocycles. The van der Waals surface area contributed by atoms with Gasteiger partial charge in [0.15, 0.2) is 5.65 Å². The largest absolute Gasteiger partial charge is 0.494 e. The van der Waals surface area contributed by atoms with Crippen LogP contribution in [-0.4, -0.2) is 65.1 Å². The van der Waals surface area contributed by atoms with E-state index < -0.39 is 6.09 Å². The van der Waals surface area contributed by atoms with E-state index in [-0.39, 0.29) is 0 Å². The molecular weight excluding hydrogens is 460 g/mol. The molecule has 0 aliphatic carbocycles. The van der Waals surface area contributed by atoms with Gasteiger partial charge < -0.3 is 20.1 Å². The lowest BCUT2D eigenvalue weighted by Crippen LogP contribution is -2.37. The molecule has 4 heterocycles. The first kappa shape index (κ1) is 23.6. The van der Waals surface area contributed by atoms with E-state index in [1.165, 1.54) is 4.90 Å². The number of rotatable bonds is 9. The van der Waals surface area contributed by atoms with Gasteiger partial charge in [0.1, 0.15) is 17.6 Å². The predicted octanol–water partition coefficient (Wildman–Crippen LogP) is 4.32. The maximum atomic E-state index is 11.0. The number of hydrogen-bond donors (Lipinski definition) is 2. The maximum absolute atomic E-state index is 11.0. The molecule has 1 amide bonds. The lowest BCUT2D eigenvalue weighted by Gasteiger charge is -2.29. The molecule has 5 rings (SSSR count). The number of anilines is 2. The van der Waals surface area contributed by atoms with E-state index in [1.807, 2.05) is 46.6 Å². The summed E-state index contributed by atoms with van der Waals surface area (Å²) in [5.41, 5.74) is 3.17. The minimum Gasteiger partial charge on any atom is -0.494 e. The van der Waals surface area contributed by atoms with Crippen LogP contribution in [0.5, 0.6) is 5.75 Å². The second-order valence-corrected chi connectivity index (χ2v) is 8.92. The van der Waals surface area contributed by atoms with Crippen molar-refractivity contribution in [3.63, 3.8) is 0 Å². The molecule has 11 heteroatoms. The molecule has 3 aromatic heterocycles. The lowest BCUT2D eigenvalue weighted by atomic mass is 9.92. The Morgan fingerprint density at radius 1 is 1.17 bits per heavy atom. The van der Waals surface area contributed by atoms with Gasteiger partial charge in [-0.3, -0.25) is 9.25 Å². The Hall–Kier alpha value is -4.15. The first-order chi connectivity index (χ1) is 17.6. The molecule has 1 fully saturated rings. The average Bonchev–Trinajstić information content (AvgIpc) is 3.52. The molecular formula is C25H30N8O3. The van der Waals surface area contributed by atoms with Gasteiger partial charge in [-0.15, -0.1) is 0 Å². The monoisotopic (exact) mass is 490 g/mol. The summed E-state index contributed by atoms with van der Waals surface area (Å²) in [4.78, 5) is 26.1. The van der Waals surface area contributed by atoms with E-state index in [0.717, 1.165) is 49.4 Å². The van der Waals surface area contributed by atoms with Gasteiger partial charge in [0, 0.05) is 31.5 Å². The third kappa shape index (κ3) is 5.40. The number of benzene rings is 1. The van der Waals surface area contributed by atoms with Crippen LogP contribution in [0.3, 0.4) is 0 Å². The molecule has 0 spiro atoms. The lowest BCUT2D eigenvalue weighted by molar-refractivity contribution is 0.122. The normalized spacial score (nSPS) is 14.3. The molecule has 2 N–H and O–H groups in total. The van der Waals surface area contributed by atoms with Crippen molar-refractivity contribution in [3.05, 3.63) is 49.2 Å². The van der Waals surface area contributed by atoms with Gasteiger partial charge in [-0.1, -0.05) is 0 Å². The van der Waals surface area contributed by atoms with E-state index in [1.54, 1.807) is 18.7 Å². The highest BCUT2D eigenvalue weighted by molar-refractivity contribution is 5.74. The molecule has 0 bridgehead atoms. The number of aromatic nitrogens is 6. The first-order valence-corrected chi connectivity index (χ1v) is 12.3. The number of fused-ring (bicyclic) bond motifs is 1. The van der Waals surface area contributed by atoms with E-state index in [2.05, 4.69) is 25.4 Å². The number of likely N-dealkylation sites (tertiary alicyclic amines) is 1. The summed E-state index contributed by atoms with van der Waals surface area (Å²) in [6, 6.07) is 7.80. The number of nitrogens with zero attached hydrogens (tertiary/aromatic N) is 7. The Kier molecular flexibility index (Phi) is 6.96. The third-order valence-corrected chi connectivity index (χ3v) is 6.49. The predicted molar refractivity (Wildman–Crippen MR) is 135 cm³/mol. The minimum atomic E-state index is -0.811. The zero-order valence-corrected chi connectivity index (χ0v) is 20.2. The van der Waals surface area contributed by atoms with E-state index in [9.17, 15) is 4.79 Å². The van der Waals surface area contributed by atoms with Crippen molar-refractivity contribution in [2.45, 2.75) is 39.2 Å². The van der Waals surface area contributed by atoms with Crippen molar-refractivity contribution < 1.29 is 14.6 Å². The molecule has 0 saturated carbocycles. The summed E-state index contributed by atoms with van der Waals surface area (Å²) in [5.74, 6) is 1.87. The fourth-order valence-corrected chi connectivity index (χ4v) is 4.56. The van der Waals surface area contributed by atoms with E-state index in [4.69, 9.17) is 9.84 Å². The number of amides is 1. The Labute approximate surface area is 208 Å². The van der Waals surface area contributed by atoms with Crippen LogP contribution in [0.4, 0.5) is 16.4 Å². The topological polar surface area (TPSA) is 123 Å². The van der Waals surface area contributed by atoms with Gasteiger partial charge in [0.05, 0.1) is 24.7 Å². The molecule has 11 nitrogen and oxygen atoms in total. The SMILES string of the molecule is CCOc1ccc(-n2cnc3cnc(Nc4cnn(CCCC5CCN(C(=O)O)CC5)c4)nc32)cc1. The molecule has 1 aromatic carbocycles. The van der Waals surface area contributed by atoms with Crippen LogP contribution in [0.15, 0.2) is 49.2 Å². The zero-order chi connectivity index (χ0) is 24.9. The fraction of sp³-hybridized carbons (Fsp3) is 0.400. The molecule has 188 valence electrons. The van der Waals surface area contributed by atoms with Gasteiger partial charge in [-0.25, -0.2) is 14.8 Å². The average molecular weight is 491 g/mol. The van der Waals surface area contributed by atoms with Crippen molar-refractivity contribution in [1.29, 1.82) is 0 Å². The number of hydrogen-bond acceptors (Lipinski definition) is 7. The molecule has 1 aliphatic rings. The van der Waals surface area contributed by atoms with Crippen LogP contribution in [-0.2, 0) is 6.54 Å². The first-order valence-electron chi connectivity index (χ1n) is 12.3. The Bertz CT molecular complexity index is 1310. The van der Waals surface area contributed by atoms with Crippen molar-refractivity contribution in [3.8, 4) is 11.4 Å². The summed E-state index contributed by atoms with van der Waals surface area (Å²) in [5, 5.41) is 16.8. The van der Waals surface area contributed by atoms with Crippen LogP contribution in [0.25, 0.3) is 16.9 Å². The summed E-state index contributed by atoms with van der Waals surface area (Å²) in [6.07, 6.45) is 10.3. The molecule has 0 unspecified atom stereocenters. The Balaban J connectivity index is 1.18. The van der Waals surface area contributed by atoms with Crippen LogP contribution in [0.1, 0.15) is 32.6 Å². The van der Waals surface area contributed by atoms with E-state index >= 15 is 0 Å². The molecule has 4 aromatic rings. The number of carbonyl (C=O) groups is 1. The standard InChI is InChI=1S/C25H30N8O3/c1-2-36-21-7-5-20(6-8-21)33-17-27-22-15-26-24(30-23(22)33)29-19-14-28-32(16-19)11-3-4-18-9-12-31(13-10-18)25(34)35/h5-8,14-18H,2-4,9-13H2,1H3,(H,34,35)(H,26,29,30). The maximum Gasteiger partial charge on any atom is 0.407 e. The number of aryl methyl sites for hydroxylation is 1. The smallest absolute Gasteiger partial charge is 0.407 e. The van der Waals surface area contributed by atoms with Crippen molar-refractivity contribution in [2.75, 3.05) is 25.0 Å². The fourth-order valence-electron chi connectivity index (χ4n) is 4.56. The number of piperidine rings is 1. The number of nitrogens with one attached hydrogen (secondary N) is 1. The van der Waals surface area contributed by atoms with Crippen LogP contribution in [0, 0.1) is 5.92 Å². The van der Waals surface area contributed by atoms with Crippen LogP contribution < -0.4 is 10.1 Å². The molecule has 36 heavy (non-hydrogen) atoms. The Morgan fingerprint density at radius 2 is 1.97 bits per heavy atom. The quantitative estimate of drug-likeness (QED) is 0.355. The number of carboxylic acid groups (broad SMARTS) is 1. The van der Waals surface area contributed by atoms with Crippen molar-refractivity contribution in [2.24, 2.45) is 5.92 Å². The van der Waals surface area contributed by atoms with Crippen molar-refractivity contribution >= 4 is 28.9 Å².